The Balaban J connectivity index is 2.94. The number of allylic oxidation sites excluding steroid dienone is 2. The zero-order valence-corrected chi connectivity index (χ0v) is 6.08. The summed E-state index contributed by atoms with van der Waals surface area (Å²) in [5.41, 5.74) is 0. The quantitative estimate of drug-likeness (QED) is 0.524. The topological polar surface area (TPSA) is 0 Å². The van der Waals surface area contributed by atoms with Gasteiger partial charge in [-0.05, 0) is 12.7 Å². The molecule has 0 saturated carbocycles. The largest absolute Gasteiger partial charge is 0.161 e. The van der Waals surface area contributed by atoms with Crippen molar-refractivity contribution < 1.29 is 0 Å². The first-order valence-electron chi connectivity index (χ1n) is 2.66. The Bertz CT molecular complexity index is 74.5. The van der Waals surface area contributed by atoms with Gasteiger partial charge in [0, 0.05) is 5.75 Å². The highest BCUT2D eigenvalue weighted by Gasteiger charge is 1.69. The van der Waals surface area contributed by atoms with Crippen LogP contribution in [0.25, 0.3) is 0 Å². The Morgan fingerprint density at radius 3 is 2.75 bits per heavy atom. The molecule has 0 heterocycles. The van der Waals surface area contributed by atoms with Crippen LogP contribution in [0.15, 0.2) is 24.8 Å². The molecule has 0 bridgehead atoms. The van der Waals surface area contributed by atoms with E-state index in [0.29, 0.717) is 0 Å². The number of thioether (sulfide) groups is 1. The van der Waals surface area contributed by atoms with E-state index in [2.05, 4.69) is 25.0 Å². The van der Waals surface area contributed by atoms with Gasteiger partial charge in [-0.2, -0.15) is 11.8 Å². The second kappa shape index (κ2) is 6.83. The van der Waals surface area contributed by atoms with Gasteiger partial charge >= 0.3 is 0 Å². The molecule has 0 N–H and O–H groups in total. The van der Waals surface area contributed by atoms with Crippen molar-refractivity contribution in [2.24, 2.45) is 0 Å². The van der Waals surface area contributed by atoms with E-state index in [-0.39, 0.29) is 0 Å². The lowest BCUT2D eigenvalue weighted by Gasteiger charge is -1.81. The molecule has 0 spiro atoms. The fourth-order valence-electron chi connectivity index (χ4n) is 0.357. The molecule has 0 aliphatic heterocycles. The molecule has 46 valence electrons. The van der Waals surface area contributed by atoms with E-state index in [1.165, 1.54) is 0 Å². The molecule has 0 aromatic heterocycles. The van der Waals surface area contributed by atoms with Crippen LogP contribution >= 0.6 is 11.8 Å². The van der Waals surface area contributed by atoms with E-state index in [0.717, 1.165) is 12.2 Å². The molecule has 0 unspecified atom stereocenters. The maximum atomic E-state index is 3.60. The van der Waals surface area contributed by atoms with Gasteiger partial charge in [0.05, 0.1) is 0 Å². The second-order valence-corrected chi connectivity index (χ2v) is 2.36. The minimum absolute atomic E-state index is 1.00. The van der Waals surface area contributed by atoms with Crippen LogP contribution in [0, 0.1) is 0 Å². The van der Waals surface area contributed by atoms with Crippen molar-refractivity contribution in [2.45, 2.75) is 6.42 Å². The maximum Gasteiger partial charge on any atom is 0.0110 e. The third kappa shape index (κ3) is 5.83. The van der Waals surface area contributed by atoms with Crippen LogP contribution in [0.4, 0.5) is 0 Å². The summed E-state index contributed by atoms with van der Waals surface area (Å²) in [6.07, 6.45) is 9.28. The van der Waals surface area contributed by atoms with Gasteiger partial charge in [0.25, 0.3) is 0 Å². The van der Waals surface area contributed by atoms with Crippen LogP contribution in [-0.4, -0.2) is 12.0 Å². The molecular weight excluding hydrogens is 116 g/mol. The second-order valence-electron chi connectivity index (χ2n) is 1.45. The first kappa shape index (κ1) is 7.83. The molecule has 0 aliphatic carbocycles. The van der Waals surface area contributed by atoms with E-state index >= 15 is 0 Å². The number of hydrogen-bond acceptors (Lipinski definition) is 1. The van der Waals surface area contributed by atoms with Crippen molar-refractivity contribution in [1.82, 2.24) is 0 Å². The fourth-order valence-corrected chi connectivity index (χ4v) is 0.685. The molecule has 0 amide bonds. The van der Waals surface area contributed by atoms with E-state index in [4.69, 9.17) is 0 Å². The summed E-state index contributed by atoms with van der Waals surface area (Å²) in [6, 6.07) is 0. The zero-order valence-electron chi connectivity index (χ0n) is 5.26. The molecule has 0 nitrogen and oxygen atoms in total. The number of hydrogen-bond donors (Lipinski definition) is 0. The van der Waals surface area contributed by atoms with Crippen LogP contribution in [-0.2, 0) is 0 Å². The van der Waals surface area contributed by atoms with E-state index in [1.807, 2.05) is 17.8 Å². The molecular formula is C7H12S. The van der Waals surface area contributed by atoms with Crippen LogP contribution in [0.1, 0.15) is 6.42 Å². The zero-order chi connectivity index (χ0) is 6.24. The molecule has 0 saturated heterocycles. The monoisotopic (exact) mass is 128 g/mol. The van der Waals surface area contributed by atoms with Crippen LogP contribution in [0.2, 0.25) is 0 Å². The van der Waals surface area contributed by atoms with Gasteiger partial charge < -0.3 is 0 Å². The predicted molar refractivity (Wildman–Crippen MR) is 42.3 cm³/mol. The van der Waals surface area contributed by atoms with Gasteiger partial charge in [-0.3, -0.25) is 0 Å². The molecule has 0 fully saturated rings. The van der Waals surface area contributed by atoms with Crippen molar-refractivity contribution in [3.8, 4) is 0 Å². The summed E-state index contributed by atoms with van der Waals surface area (Å²) in [5.74, 6) is 1.12. The molecule has 8 heavy (non-hydrogen) atoms. The van der Waals surface area contributed by atoms with Crippen molar-refractivity contribution in [3.63, 3.8) is 0 Å². The molecule has 0 aromatic carbocycles. The highest BCUT2D eigenvalue weighted by Crippen LogP contribution is 1.92. The minimum Gasteiger partial charge on any atom is -0.161 e. The smallest absolute Gasteiger partial charge is 0.0110 e. The third-order valence-corrected chi connectivity index (χ3v) is 1.26. The molecule has 0 rings (SSSR count). The fraction of sp³-hybridized carbons (Fsp3) is 0.429. The van der Waals surface area contributed by atoms with Crippen molar-refractivity contribution in [1.29, 1.82) is 0 Å². The first-order valence-corrected chi connectivity index (χ1v) is 4.06. The van der Waals surface area contributed by atoms with E-state index < -0.39 is 0 Å². The van der Waals surface area contributed by atoms with Gasteiger partial charge in [0.2, 0.25) is 0 Å². The summed E-state index contributed by atoms with van der Waals surface area (Å²) in [7, 11) is 0. The first-order chi connectivity index (χ1) is 3.91. The normalized spacial score (nSPS) is 10.1. The summed E-state index contributed by atoms with van der Waals surface area (Å²) < 4.78 is 0. The van der Waals surface area contributed by atoms with Gasteiger partial charge in [-0.15, -0.1) is 6.58 Å². The lowest BCUT2D eigenvalue weighted by atomic mass is 10.4. The standard InChI is InChI=1S/C7H12S/c1-3-4-5-6-7-8-2/h3,5-6H,1,4,7H2,2H3. The molecule has 0 radical (unpaired) electrons. The highest BCUT2D eigenvalue weighted by molar-refractivity contribution is 7.98. The van der Waals surface area contributed by atoms with Crippen molar-refractivity contribution >= 4 is 11.8 Å². The van der Waals surface area contributed by atoms with E-state index in [9.17, 15) is 0 Å². The van der Waals surface area contributed by atoms with Crippen LogP contribution < -0.4 is 0 Å². The van der Waals surface area contributed by atoms with Crippen molar-refractivity contribution in [3.05, 3.63) is 24.8 Å². The Morgan fingerprint density at radius 2 is 2.25 bits per heavy atom. The highest BCUT2D eigenvalue weighted by atomic mass is 32.2. The van der Waals surface area contributed by atoms with Crippen molar-refractivity contribution in [2.75, 3.05) is 12.0 Å². The Morgan fingerprint density at radius 1 is 1.50 bits per heavy atom. The van der Waals surface area contributed by atoms with Gasteiger partial charge in [0.15, 0.2) is 0 Å². The molecule has 1 heteroatoms. The Labute approximate surface area is 55.7 Å². The van der Waals surface area contributed by atoms with Gasteiger partial charge in [-0.25, -0.2) is 0 Å². The van der Waals surface area contributed by atoms with E-state index in [1.54, 1.807) is 0 Å². The summed E-state index contributed by atoms with van der Waals surface area (Å²) >= 11 is 1.83. The average molecular weight is 128 g/mol. The molecule has 0 aromatic rings. The van der Waals surface area contributed by atoms with Gasteiger partial charge in [0.1, 0.15) is 0 Å². The minimum atomic E-state index is 1.00. The maximum absolute atomic E-state index is 3.60. The Kier molecular flexibility index (Phi) is 6.68. The molecule has 0 atom stereocenters. The third-order valence-electron chi connectivity index (χ3n) is 0.732. The SMILES string of the molecule is C=CCC=CCSC. The summed E-state index contributed by atoms with van der Waals surface area (Å²) in [6.45, 7) is 3.60. The summed E-state index contributed by atoms with van der Waals surface area (Å²) in [5, 5.41) is 0. The summed E-state index contributed by atoms with van der Waals surface area (Å²) in [4.78, 5) is 0. The van der Waals surface area contributed by atoms with Crippen LogP contribution in [0.5, 0.6) is 0 Å². The van der Waals surface area contributed by atoms with Crippen LogP contribution in [0.3, 0.4) is 0 Å². The lowest BCUT2D eigenvalue weighted by Crippen LogP contribution is -1.64. The Hall–Kier alpha value is -0.170. The average Bonchev–Trinajstić information content (AvgIpc) is 1.81. The lowest BCUT2D eigenvalue weighted by molar-refractivity contribution is 1.39. The van der Waals surface area contributed by atoms with Gasteiger partial charge in [-0.1, -0.05) is 18.2 Å². The molecule has 0 aliphatic rings. The number of rotatable bonds is 4. The predicted octanol–water partition coefficient (Wildman–Crippen LogP) is 2.48.